The van der Waals surface area contributed by atoms with E-state index in [9.17, 15) is 4.79 Å². The monoisotopic (exact) mass is 404 g/mol. The van der Waals surface area contributed by atoms with Gasteiger partial charge in [-0.1, -0.05) is 18.0 Å². The third-order valence-electron chi connectivity index (χ3n) is 6.04. The second-order valence-corrected chi connectivity index (χ2v) is 8.08. The van der Waals surface area contributed by atoms with Crippen LogP contribution in [0.5, 0.6) is 0 Å². The Balaban J connectivity index is 1.40. The largest absolute Gasteiger partial charge is 0.361 e. The fourth-order valence-electron chi connectivity index (χ4n) is 4.22. The molecular weight excluding hydrogens is 368 g/mol. The fourth-order valence-corrected chi connectivity index (χ4v) is 4.22. The number of hydrogen-bond donors (Lipinski definition) is 1. The lowest BCUT2D eigenvalue weighted by molar-refractivity contribution is -0.132. The van der Waals surface area contributed by atoms with Crippen LogP contribution in [-0.4, -0.2) is 91.1 Å². The van der Waals surface area contributed by atoms with Gasteiger partial charge in [0, 0.05) is 58.4 Å². The summed E-state index contributed by atoms with van der Waals surface area (Å²) < 4.78 is 5.23. The van der Waals surface area contributed by atoms with Crippen molar-refractivity contribution in [3.8, 4) is 0 Å². The Bertz CT molecular complexity index is 666. The number of aliphatic imine (C=N–C) groups is 1. The molecule has 0 saturated carbocycles. The normalized spacial score (nSPS) is 19.3. The van der Waals surface area contributed by atoms with Crippen LogP contribution in [0.2, 0.25) is 0 Å². The molecule has 1 aromatic heterocycles. The first-order valence-corrected chi connectivity index (χ1v) is 11.0. The molecule has 0 atom stereocenters. The summed E-state index contributed by atoms with van der Waals surface area (Å²) in [5.41, 5.74) is 2.13. The Morgan fingerprint density at radius 2 is 1.72 bits per heavy atom. The molecule has 2 aliphatic heterocycles. The van der Waals surface area contributed by atoms with E-state index < -0.39 is 0 Å². The van der Waals surface area contributed by atoms with E-state index in [0.29, 0.717) is 12.5 Å². The van der Waals surface area contributed by atoms with Gasteiger partial charge in [-0.25, -0.2) is 0 Å². The van der Waals surface area contributed by atoms with Gasteiger partial charge < -0.3 is 19.6 Å². The molecule has 2 saturated heterocycles. The van der Waals surface area contributed by atoms with Crippen LogP contribution in [0.15, 0.2) is 9.52 Å². The van der Waals surface area contributed by atoms with Gasteiger partial charge in [0.1, 0.15) is 5.76 Å². The highest BCUT2D eigenvalue weighted by Gasteiger charge is 2.23. The standard InChI is InChI=1S/C21H36N6O2/c1-17-19(18(2)29-24-17)8-9-23-21(22-3)27-14-12-25(13-15-27)16-20(28)26-10-6-4-5-7-11-26/h4-16H2,1-3H3,(H,22,23). The predicted molar refractivity (Wildman–Crippen MR) is 114 cm³/mol. The van der Waals surface area contributed by atoms with E-state index in [1.807, 2.05) is 20.9 Å². The maximum atomic E-state index is 12.6. The highest BCUT2D eigenvalue weighted by Crippen LogP contribution is 2.13. The molecule has 0 spiro atoms. The number of amides is 1. The van der Waals surface area contributed by atoms with Crippen molar-refractivity contribution in [2.75, 3.05) is 59.4 Å². The van der Waals surface area contributed by atoms with E-state index in [1.165, 1.54) is 18.4 Å². The SMILES string of the molecule is CN=C(NCCc1c(C)noc1C)N1CCN(CC(=O)N2CCCCCC2)CC1. The smallest absolute Gasteiger partial charge is 0.236 e. The summed E-state index contributed by atoms with van der Waals surface area (Å²) in [5, 5.41) is 7.47. The molecule has 8 heteroatoms. The van der Waals surface area contributed by atoms with Crippen LogP contribution < -0.4 is 5.32 Å². The molecule has 162 valence electrons. The van der Waals surface area contributed by atoms with Crippen LogP contribution in [-0.2, 0) is 11.2 Å². The van der Waals surface area contributed by atoms with Gasteiger partial charge in [-0.3, -0.25) is 14.7 Å². The van der Waals surface area contributed by atoms with Crippen LogP contribution in [0.1, 0.15) is 42.7 Å². The van der Waals surface area contributed by atoms with Gasteiger partial charge in [-0.2, -0.15) is 0 Å². The van der Waals surface area contributed by atoms with Gasteiger partial charge >= 0.3 is 0 Å². The van der Waals surface area contributed by atoms with Crippen molar-refractivity contribution < 1.29 is 9.32 Å². The Morgan fingerprint density at radius 1 is 1.03 bits per heavy atom. The first-order valence-electron chi connectivity index (χ1n) is 11.0. The summed E-state index contributed by atoms with van der Waals surface area (Å²) in [7, 11) is 1.83. The average Bonchev–Trinajstić information content (AvgIpc) is 2.93. The molecule has 1 N–H and O–H groups in total. The third kappa shape index (κ3) is 5.95. The number of nitrogens with zero attached hydrogens (tertiary/aromatic N) is 5. The summed E-state index contributed by atoms with van der Waals surface area (Å²) in [4.78, 5) is 23.7. The zero-order chi connectivity index (χ0) is 20.6. The number of nitrogens with one attached hydrogen (secondary N) is 1. The summed E-state index contributed by atoms with van der Waals surface area (Å²) in [6.45, 7) is 10.7. The lowest BCUT2D eigenvalue weighted by Crippen LogP contribution is -2.54. The van der Waals surface area contributed by atoms with Crippen molar-refractivity contribution in [1.29, 1.82) is 0 Å². The van der Waals surface area contributed by atoms with Gasteiger partial charge in [0.2, 0.25) is 5.91 Å². The van der Waals surface area contributed by atoms with Crippen LogP contribution in [0.25, 0.3) is 0 Å². The first-order chi connectivity index (χ1) is 14.1. The van der Waals surface area contributed by atoms with Crippen molar-refractivity contribution in [2.45, 2.75) is 46.0 Å². The van der Waals surface area contributed by atoms with Crippen molar-refractivity contribution in [3.05, 3.63) is 17.0 Å². The number of aryl methyl sites for hydroxylation is 2. The lowest BCUT2D eigenvalue weighted by Gasteiger charge is -2.37. The number of carbonyl (C=O) groups is 1. The quantitative estimate of drug-likeness (QED) is 0.591. The van der Waals surface area contributed by atoms with E-state index in [0.717, 1.165) is 82.5 Å². The molecule has 3 rings (SSSR count). The van der Waals surface area contributed by atoms with Crippen LogP contribution in [0.4, 0.5) is 0 Å². The predicted octanol–water partition coefficient (Wildman–Crippen LogP) is 1.43. The van der Waals surface area contributed by atoms with Gasteiger partial charge in [-0.15, -0.1) is 0 Å². The van der Waals surface area contributed by atoms with E-state index in [-0.39, 0.29) is 0 Å². The molecule has 8 nitrogen and oxygen atoms in total. The zero-order valence-electron chi connectivity index (χ0n) is 18.2. The maximum absolute atomic E-state index is 12.6. The highest BCUT2D eigenvalue weighted by atomic mass is 16.5. The first kappa shape index (κ1) is 21.6. The second-order valence-electron chi connectivity index (χ2n) is 8.08. The molecule has 29 heavy (non-hydrogen) atoms. The van der Waals surface area contributed by atoms with E-state index in [1.54, 1.807) is 0 Å². The molecule has 3 heterocycles. The zero-order valence-corrected chi connectivity index (χ0v) is 18.2. The Kier molecular flexibility index (Phi) is 7.91. The van der Waals surface area contributed by atoms with Crippen molar-refractivity contribution in [1.82, 2.24) is 25.2 Å². The summed E-state index contributed by atoms with van der Waals surface area (Å²) in [6.07, 6.45) is 5.67. The second kappa shape index (κ2) is 10.6. The van der Waals surface area contributed by atoms with E-state index >= 15 is 0 Å². The summed E-state index contributed by atoms with van der Waals surface area (Å²) >= 11 is 0. The van der Waals surface area contributed by atoms with Crippen LogP contribution >= 0.6 is 0 Å². The Hall–Kier alpha value is -2.09. The molecule has 0 radical (unpaired) electrons. The minimum Gasteiger partial charge on any atom is -0.361 e. The average molecular weight is 405 g/mol. The molecule has 1 amide bonds. The van der Waals surface area contributed by atoms with Crippen molar-refractivity contribution in [2.24, 2.45) is 4.99 Å². The Labute approximate surface area is 174 Å². The minimum absolute atomic E-state index is 0.294. The Morgan fingerprint density at radius 3 is 2.31 bits per heavy atom. The van der Waals surface area contributed by atoms with Crippen LogP contribution in [0, 0.1) is 13.8 Å². The summed E-state index contributed by atoms with van der Waals surface area (Å²) in [5.74, 6) is 2.11. The van der Waals surface area contributed by atoms with Gasteiger partial charge in [0.15, 0.2) is 5.96 Å². The minimum atomic E-state index is 0.294. The molecule has 0 unspecified atom stereocenters. The number of hydrogen-bond acceptors (Lipinski definition) is 5. The van der Waals surface area contributed by atoms with Gasteiger partial charge in [0.25, 0.3) is 0 Å². The van der Waals surface area contributed by atoms with Gasteiger partial charge in [-0.05, 0) is 33.1 Å². The number of likely N-dealkylation sites (tertiary alicyclic amines) is 1. The fraction of sp³-hybridized carbons (Fsp3) is 0.762. The summed E-state index contributed by atoms with van der Waals surface area (Å²) in [6, 6.07) is 0. The molecule has 0 aliphatic carbocycles. The van der Waals surface area contributed by atoms with E-state index in [4.69, 9.17) is 4.52 Å². The molecule has 0 bridgehead atoms. The number of aromatic nitrogens is 1. The maximum Gasteiger partial charge on any atom is 0.236 e. The molecular formula is C21H36N6O2. The molecule has 2 aliphatic rings. The number of carbonyl (C=O) groups excluding carboxylic acids is 1. The topological polar surface area (TPSA) is 77.2 Å². The molecule has 0 aromatic carbocycles. The molecule has 2 fully saturated rings. The highest BCUT2D eigenvalue weighted by molar-refractivity contribution is 5.80. The van der Waals surface area contributed by atoms with Crippen molar-refractivity contribution in [3.63, 3.8) is 0 Å². The van der Waals surface area contributed by atoms with Crippen LogP contribution in [0.3, 0.4) is 0 Å². The van der Waals surface area contributed by atoms with Gasteiger partial charge in [0.05, 0.1) is 12.2 Å². The molecule has 1 aromatic rings. The number of rotatable bonds is 5. The van der Waals surface area contributed by atoms with Crippen molar-refractivity contribution >= 4 is 11.9 Å². The third-order valence-corrected chi connectivity index (χ3v) is 6.04. The lowest BCUT2D eigenvalue weighted by atomic mass is 10.1. The van der Waals surface area contributed by atoms with E-state index in [2.05, 4.69) is 30.2 Å². The number of guanidine groups is 1. The number of piperazine rings is 1.